The van der Waals surface area contributed by atoms with Gasteiger partial charge in [0.2, 0.25) is 0 Å². The predicted molar refractivity (Wildman–Crippen MR) is 91.5 cm³/mol. The maximum Gasteiger partial charge on any atom is 0.165 e. The number of ether oxygens (including phenoxy) is 1. The molecule has 0 radical (unpaired) electrons. The number of hydrogen-bond acceptors (Lipinski definition) is 2. The monoisotopic (exact) mass is 326 g/mol. The summed E-state index contributed by atoms with van der Waals surface area (Å²) in [6.45, 7) is 7.94. The fraction of sp³-hybridized carbons (Fsp3) is 0.333. The van der Waals surface area contributed by atoms with Gasteiger partial charge in [-0.05, 0) is 48.7 Å². The topological polar surface area (TPSA) is 29.5 Å². The van der Waals surface area contributed by atoms with Crippen molar-refractivity contribution in [2.24, 2.45) is 0 Å². The lowest BCUT2D eigenvalue weighted by atomic mass is 10.2. The van der Waals surface area contributed by atoms with Crippen LogP contribution in [0, 0.1) is 12.7 Å². The van der Waals surface area contributed by atoms with E-state index in [0.29, 0.717) is 5.02 Å². The highest BCUT2D eigenvalue weighted by atomic mass is 35.5. The Morgan fingerprint density at radius 2 is 1.77 bits per heavy atom. The third-order valence-corrected chi connectivity index (χ3v) is 3.04. The Kier molecular flexibility index (Phi) is 10.0. The number of halogens is 2. The van der Waals surface area contributed by atoms with Crippen LogP contribution in [0.25, 0.3) is 0 Å². The summed E-state index contributed by atoms with van der Waals surface area (Å²) in [6, 6.07) is 10.1. The Labute approximate surface area is 137 Å². The average Bonchev–Trinajstić information content (AvgIpc) is 2.55. The number of methoxy groups -OCH3 is 1. The maximum atomic E-state index is 12.5. The molecule has 0 unspecified atom stereocenters. The van der Waals surface area contributed by atoms with E-state index < -0.39 is 5.82 Å². The van der Waals surface area contributed by atoms with Gasteiger partial charge in [-0.25, -0.2) is 4.39 Å². The molecular formula is C18H24ClFO2. The molecule has 2 aromatic rings. The standard InChI is InChI=1S/C8H9ClO.C8H9FO.C2H6/c1-6-3-4-7(9)8(5-6)10-2;1-2-6-3-4-8(10)7(9)5-6;1-2/h3-5H,1-2H3;3-5,10H,2H2,1H3;1-2H3. The van der Waals surface area contributed by atoms with Crippen molar-refractivity contribution in [3.05, 3.63) is 58.4 Å². The minimum Gasteiger partial charge on any atom is -0.505 e. The molecular weight excluding hydrogens is 303 g/mol. The van der Waals surface area contributed by atoms with Crippen molar-refractivity contribution >= 4 is 11.6 Å². The van der Waals surface area contributed by atoms with E-state index in [1.807, 2.05) is 45.9 Å². The number of rotatable bonds is 2. The van der Waals surface area contributed by atoms with Crippen LogP contribution in [0.4, 0.5) is 4.39 Å². The Morgan fingerprint density at radius 1 is 1.14 bits per heavy atom. The first-order valence-corrected chi connectivity index (χ1v) is 7.63. The van der Waals surface area contributed by atoms with Gasteiger partial charge in [0.15, 0.2) is 11.6 Å². The molecule has 2 aromatic carbocycles. The number of phenols is 1. The molecule has 2 nitrogen and oxygen atoms in total. The van der Waals surface area contributed by atoms with Gasteiger partial charge in [0.05, 0.1) is 12.1 Å². The molecule has 0 aromatic heterocycles. The first-order chi connectivity index (χ1) is 10.5. The van der Waals surface area contributed by atoms with E-state index in [1.54, 1.807) is 13.2 Å². The maximum absolute atomic E-state index is 12.5. The van der Waals surface area contributed by atoms with Crippen molar-refractivity contribution in [1.82, 2.24) is 0 Å². The zero-order chi connectivity index (χ0) is 17.1. The molecule has 22 heavy (non-hydrogen) atoms. The Morgan fingerprint density at radius 3 is 2.23 bits per heavy atom. The summed E-state index contributed by atoms with van der Waals surface area (Å²) in [6.07, 6.45) is 0.789. The van der Waals surface area contributed by atoms with E-state index in [1.165, 1.54) is 12.1 Å². The number of phenolic OH excluding ortho intramolecular Hbond substituents is 1. The lowest BCUT2D eigenvalue weighted by Crippen LogP contribution is -1.83. The molecule has 0 amide bonds. The van der Waals surface area contributed by atoms with Gasteiger partial charge in [0, 0.05) is 0 Å². The van der Waals surface area contributed by atoms with Crippen LogP contribution in [0.5, 0.6) is 11.5 Å². The van der Waals surface area contributed by atoms with E-state index in [-0.39, 0.29) is 5.75 Å². The fourth-order valence-electron chi connectivity index (χ4n) is 1.54. The zero-order valence-corrected chi connectivity index (χ0v) is 14.5. The van der Waals surface area contributed by atoms with E-state index in [0.717, 1.165) is 23.3 Å². The SMILES string of the molecule is CC.CCc1ccc(O)c(F)c1.COc1cc(C)ccc1Cl. The molecule has 4 heteroatoms. The van der Waals surface area contributed by atoms with Crippen LogP contribution in [-0.2, 0) is 6.42 Å². The van der Waals surface area contributed by atoms with Crippen LogP contribution in [0.3, 0.4) is 0 Å². The number of benzene rings is 2. The van der Waals surface area contributed by atoms with E-state index in [9.17, 15) is 4.39 Å². The van der Waals surface area contributed by atoms with Crippen LogP contribution in [0.15, 0.2) is 36.4 Å². The van der Waals surface area contributed by atoms with Gasteiger partial charge >= 0.3 is 0 Å². The third-order valence-electron chi connectivity index (χ3n) is 2.73. The Balaban J connectivity index is 0.000000360. The van der Waals surface area contributed by atoms with Crippen LogP contribution in [0.1, 0.15) is 31.9 Å². The first kappa shape index (κ1) is 20.3. The molecule has 0 saturated heterocycles. The van der Waals surface area contributed by atoms with Gasteiger partial charge in [0.25, 0.3) is 0 Å². The molecule has 122 valence electrons. The fourth-order valence-corrected chi connectivity index (χ4v) is 1.73. The van der Waals surface area contributed by atoms with Gasteiger partial charge < -0.3 is 9.84 Å². The summed E-state index contributed by atoms with van der Waals surface area (Å²) in [7, 11) is 1.61. The first-order valence-electron chi connectivity index (χ1n) is 7.25. The summed E-state index contributed by atoms with van der Waals surface area (Å²) in [5, 5.41) is 9.42. The normalized spacial score (nSPS) is 9.05. The summed E-state index contributed by atoms with van der Waals surface area (Å²) in [5.74, 6) is -0.0850. The van der Waals surface area contributed by atoms with Crippen molar-refractivity contribution in [3.8, 4) is 11.5 Å². The average molecular weight is 327 g/mol. The molecule has 0 aliphatic carbocycles. The van der Waals surface area contributed by atoms with E-state index in [2.05, 4.69) is 0 Å². The van der Waals surface area contributed by atoms with Crippen molar-refractivity contribution in [3.63, 3.8) is 0 Å². The molecule has 0 aliphatic rings. The largest absolute Gasteiger partial charge is 0.505 e. The zero-order valence-electron chi connectivity index (χ0n) is 13.8. The van der Waals surface area contributed by atoms with Crippen LogP contribution in [0.2, 0.25) is 5.02 Å². The Bertz CT molecular complexity index is 571. The molecule has 0 spiro atoms. The van der Waals surface area contributed by atoms with Gasteiger partial charge in [-0.1, -0.05) is 44.5 Å². The quantitative estimate of drug-likeness (QED) is 0.758. The second-order valence-corrected chi connectivity index (χ2v) is 4.68. The molecule has 2 rings (SSSR count). The Hall–Kier alpha value is -1.74. The minimum absolute atomic E-state index is 0.280. The predicted octanol–water partition coefficient (Wildman–Crippen LogP) is 5.78. The second-order valence-electron chi connectivity index (χ2n) is 4.28. The van der Waals surface area contributed by atoms with Gasteiger partial charge in [-0.2, -0.15) is 0 Å². The number of aromatic hydroxyl groups is 1. The highest BCUT2D eigenvalue weighted by Gasteiger charge is 1.98. The molecule has 0 fully saturated rings. The van der Waals surface area contributed by atoms with Crippen molar-refractivity contribution in [1.29, 1.82) is 0 Å². The number of hydrogen-bond donors (Lipinski definition) is 1. The molecule has 0 saturated carbocycles. The van der Waals surface area contributed by atoms with Crippen molar-refractivity contribution < 1.29 is 14.2 Å². The highest BCUT2D eigenvalue weighted by molar-refractivity contribution is 6.32. The molecule has 0 atom stereocenters. The molecule has 1 N–H and O–H groups in total. The molecule has 0 aliphatic heterocycles. The van der Waals surface area contributed by atoms with Crippen LogP contribution >= 0.6 is 11.6 Å². The van der Waals surface area contributed by atoms with Gasteiger partial charge in [-0.15, -0.1) is 0 Å². The second kappa shape index (κ2) is 10.9. The van der Waals surface area contributed by atoms with Crippen molar-refractivity contribution in [2.45, 2.75) is 34.1 Å². The number of aryl methyl sites for hydroxylation is 2. The summed E-state index contributed by atoms with van der Waals surface area (Å²) in [5.41, 5.74) is 2.05. The summed E-state index contributed by atoms with van der Waals surface area (Å²) in [4.78, 5) is 0. The van der Waals surface area contributed by atoms with Gasteiger partial charge in [-0.3, -0.25) is 0 Å². The lowest BCUT2D eigenvalue weighted by Gasteiger charge is -2.01. The summed E-state index contributed by atoms with van der Waals surface area (Å²) < 4.78 is 17.5. The third kappa shape index (κ3) is 6.81. The van der Waals surface area contributed by atoms with Crippen LogP contribution in [-0.4, -0.2) is 12.2 Å². The van der Waals surface area contributed by atoms with Gasteiger partial charge in [0.1, 0.15) is 5.75 Å². The molecule has 0 heterocycles. The van der Waals surface area contributed by atoms with Crippen LogP contribution < -0.4 is 4.74 Å². The van der Waals surface area contributed by atoms with E-state index >= 15 is 0 Å². The lowest BCUT2D eigenvalue weighted by molar-refractivity contribution is 0.414. The smallest absolute Gasteiger partial charge is 0.165 e. The van der Waals surface area contributed by atoms with Crippen molar-refractivity contribution in [2.75, 3.05) is 7.11 Å². The summed E-state index contributed by atoms with van der Waals surface area (Å²) >= 11 is 5.77. The van der Waals surface area contributed by atoms with E-state index in [4.69, 9.17) is 21.4 Å². The molecule has 0 bridgehead atoms. The minimum atomic E-state index is -0.542. The highest BCUT2D eigenvalue weighted by Crippen LogP contribution is 2.24.